The average Bonchev–Trinajstić information content (AvgIpc) is 3.13. The third-order valence-corrected chi connectivity index (χ3v) is 7.56. The van der Waals surface area contributed by atoms with Gasteiger partial charge >= 0.3 is 0 Å². The highest BCUT2D eigenvalue weighted by molar-refractivity contribution is 5.81. The van der Waals surface area contributed by atoms with Crippen molar-refractivity contribution in [1.82, 2.24) is 0 Å². The van der Waals surface area contributed by atoms with E-state index in [1.807, 2.05) is 0 Å². The summed E-state index contributed by atoms with van der Waals surface area (Å²) in [6.07, 6.45) is 8.97. The number of rotatable bonds is 1. The first-order valence-corrected chi connectivity index (χ1v) is 11.1. The summed E-state index contributed by atoms with van der Waals surface area (Å²) in [5.74, 6) is 0. The second kappa shape index (κ2) is 5.91. The fourth-order valence-corrected chi connectivity index (χ4v) is 5.72. The Morgan fingerprint density at radius 2 is 1.19 bits per heavy atom. The Hall–Kier alpha value is -3.26. The maximum atomic E-state index is 2.39. The van der Waals surface area contributed by atoms with Crippen LogP contribution in [0.25, 0.3) is 27.9 Å². The standard InChI is InChI=1S/C29H28N2/c1-28(2)24-9-7-6-8-20(24)21-11-10-19(16-25(21)28)31-15-13-23-22-12-14-30(5)17-26(22)29(3,4)27(23)18-31/h6-18H,1-5H3/q+2. The molecule has 6 rings (SSSR count). The van der Waals surface area contributed by atoms with E-state index >= 15 is 0 Å². The van der Waals surface area contributed by atoms with Crippen LogP contribution in [0, 0.1) is 0 Å². The number of fused-ring (bicyclic) bond motifs is 6. The molecule has 4 aromatic rings. The molecule has 2 heteroatoms. The lowest BCUT2D eigenvalue weighted by Crippen LogP contribution is -2.33. The molecule has 0 atom stereocenters. The molecule has 2 aromatic heterocycles. The molecule has 152 valence electrons. The highest BCUT2D eigenvalue weighted by atomic mass is 14.9. The lowest BCUT2D eigenvalue weighted by molar-refractivity contribution is -0.671. The molecular weight excluding hydrogens is 376 g/mol. The van der Waals surface area contributed by atoms with E-state index in [0.29, 0.717) is 0 Å². The number of hydrogen-bond acceptors (Lipinski definition) is 0. The number of nitrogens with zero attached hydrogens (tertiary/aromatic N) is 2. The quantitative estimate of drug-likeness (QED) is 0.375. The molecular formula is C29H28N2+2. The molecule has 0 bridgehead atoms. The lowest BCUT2D eigenvalue weighted by atomic mass is 9.82. The van der Waals surface area contributed by atoms with Gasteiger partial charge in [0, 0.05) is 46.2 Å². The highest BCUT2D eigenvalue weighted by Crippen LogP contribution is 2.49. The van der Waals surface area contributed by atoms with Gasteiger partial charge in [-0.25, -0.2) is 4.57 Å². The number of aryl methyl sites for hydroxylation is 1. The molecule has 0 amide bonds. The molecule has 2 heterocycles. The zero-order valence-electron chi connectivity index (χ0n) is 18.9. The van der Waals surface area contributed by atoms with Crippen molar-refractivity contribution in [2.75, 3.05) is 0 Å². The summed E-state index contributed by atoms with van der Waals surface area (Å²) in [4.78, 5) is 0. The van der Waals surface area contributed by atoms with Gasteiger partial charge in [0.1, 0.15) is 7.05 Å². The minimum atomic E-state index is -0.0149. The van der Waals surface area contributed by atoms with Crippen LogP contribution >= 0.6 is 0 Å². The number of aromatic nitrogens is 2. The molecule has 2 aliphatic carbocycles. The van der Waals surface area contributed by atoms with Gasteiger partial charge in [0.05, 0.1) is 0 Å². The first-order valence-electron chi connectivity index (χ1n) is 11.1. The van der Waals surface area contributed by atoms with E-state index in [9.17, 15) is 0 Å². The lowest BCUT2D eigenvalue weighted by Gasteiger charge is -2.21. The number of pyridine rings is 2. The van der Waals surface area contributed by atoms with Crippen LogP contribution < -0.4 is 9.13 Å². The van der Waals surface area contributed by atoms with Crippen LogP contribution in [0.15, 0.2) is 79.4 Å². The molecule has 2 aromatic carbocycles. The molecule has 0 fully saturated rings. The van der Waals surface area contributed by atoms with Crippen LogP contribution in [0.2, 0.25) is 0 Å². The van der Waals surface area contributed by atoms with Crippen LogP contribution in [-0.2, 0) is 17.9 Å². The van der Waals surface area contributed by atoms with Crippen molar-refractivity contribution in [2.24, 2.45) is 7.05 Å². The number of benzene rings is 2. The Bertz CT molecular complexity index is 1390. The molecule has 31 heavy (non-hydrogen) atoms. The first-order chi connectivity index (χ1) is 14.8. The molecule has 0 saturated carbocycles. The van der Waals surface area contributed by atoms with Gasteiger partial charge in [0.2, 0.25) is 5.69 Å². The molecule has 2 aliphatic rings. The average molecular weight is 405 g/mol. The summed E-state index contributed by atoms with van der Waals surface area (Å²) in [6.45, 7) is 9.36. The van der Waals surface area contributed by atoms with Crippen molar-refractivity contribution >= 4 is 0 Å². The summed E-state index contributed by atoms with van der Waals surface area (Å²) < 4.78 is 4.45. The minimum absolute atomic E-state index is 0.0149. The van der Waals surface area contributed by atoms with Crippen molar-refractivity contribution < 1.29 is 9.13 Å². The van der Waals surface area contributed by atoms with Gasteiger partial charge in [-0.2, -0.15) is 4.57 Å². The van der Waals surface area contributed by atoms with Gasteiger partial charge in [-0.15, -0.1) is 0 Å². The molecule has 0 saturated heterocycles. The maximum Gasteiger partial charge on any atom is 0.210 e. The highest BCUT2D eigenvalue weighted by Gasteiger charge is 2.40. The third-order valence-electron chi connectivity index (χ3n) is 7.56. The molecule has 0 radical (unpaired) electrons. The zero-order chi connectivity index (χ0) is 21.5. The van der Waals surface area contributed by atoms with Crippen molar-refractivity contribution in [2.45, 2.75) is 38.5 Å². The molecule has 0 aliphatic heterocycles. The minimum Gasteiger partial charge on any atom is -0.207 e. The fourth-order valence-electron chi connectivity index (χ4n) is 5.72. The Kier molecular flexibility index (Phi) is 3.53. The molecule has 2 nitrogen and oxygen atoms in total. The Morgan fingerprint density at radius 3 is 2.00 bits per heavy atom. The Balaban J connectivity index is 1.50. The zero-order valence-corrected chi connectivity index (χ0v) is 18.9. The summed E-state index contributed by atoms with van der Waals surface area (Å²) in [7, 11) is 2.10. The molecule has 0 unspecified atom stereocenters. The monoisotopic (exact) mass is 404 g/mol. The van der Waals surface area contributed by atoms with Gasteiger partial charge in [0.15, 0.2) is 24.8 Å². The van der Waals surface area contributed by atoms with Crippen molar-refractivity contribution in [3.05, 3.63) is 102 Å². The van der Waals surface area contributed by atoms with E-state index < -0.39 is 0 Å². The SMILES string of the molecule is C[n+]1ccc2c(c1)C(C)(C)c1c[n+](-c3ccc4c(c3)C(C)(C)c3ccccc3-4)ccc1-2. The second-order valence-corrected chi connectivity index (χ2v) is 10.1. The second-order valence-electron chi connectivity index (χ2n) is 10.1. The van der Waals surface area contributed by atoms with Crippen molar-refractivity contribution in [1.29, 1.82) is 0 Å². The van der Waals surface area contributed by atoms with Crippen LogP contribution in [0.3, 0.4) is 0 Å². The Morgan fingerprint density at radius 1 is 0.581 bits per heavy atom. The van der Waals surface area contributed by atoms with Gasteiger partial charge in [-0.05, 0) is 39.4 Å². The van der Waals surface area contributed by atoms with Crippen LogP contribution in [0.5, 0.6) is 0 Å². The predicted octanol–water partition coefficient (Wildman–Crippen LogP) is 5.40. The van der Waals surface area contributed by atoms with Gasteiger partial charge in [0.25, 0.3) is 0 Å². The normalized spacial score (nSPS) is 16.4. The van der Waals surface area contributed by atoms with Crippen molar-refractivity contribution in [3.63, 3.8) is 0 Å². The summed E-state index contributed by atoms with van der Waals surface area (Å²) in [6, 6.07) is 20.3. The topological polar surface area (TPSA) is 7.76 Å². The fraction of sp³-hybridized carbons (Fsp3) is 0.241. The van der Waals surface area contributed by atoms with E-state index in [1.165, 1.54) is 50.2 Å². The van der Waals surface area contributed by atoms with E-state index in [2.05, 4.69) is 123 Å². The summed E-state index contributed by atoms with van der Waals surface area (Å²) in [5, 5.41) is 0. The van der Waals surface area contributed by atoms with Gasteiger partial charge < -0.3 is 0 Å². The number of hydrogen-bond donors (Lipinski definition) is 0. The largest absolute Gasteiger partial charge is 0.210 e. The third kappa shape index (κ3) is 2.39. The van der Waals surface area contributed by atoms with Crippen molar-refractivity contribution in [3.8, 4) is 27.9 Å². The smallest absolute Gasteiger partial charge is 0.207 e. The van der Waals surface area contributed by atoms with Crippen LogP contribution in [-0.4, -0.2) is 0 Å². The van der Waals surface area contributed by atoms with E-state index in [4.69, 9.17) is 0 Å². The van der Waals surface area contributed by atoms with E-state index in [1.54, 1.807) is 0 Å². The first kappa shape index (κ1) is 18.5. The molecule has 0 spiro atoms. The maximum absolute atomic E-state index is 2.39. The van der Waals surface area contributed by atoms with E-state index in [-0.39, 0.29) is 10.8 Å². The summed E-state index contributed by atoms with van der Waals surface area (Å²) in [5.41, 5.74) is 12.3. The summed E-state index contributed by atoms with van der Waals surface area (Å²) >= 11 is 0. The van der Waals surface area contributed by atoms with Crippen LogP contribution in [0.1, 0.15) is 49.9 Å². The molecule has 0 N–H and O–H groups in total. The van der Waals surface area contributed by atoms with E-state index in [0.717, 1.165) is 0 Å². The Labute approximate surface area is 184 Å². The van der Waals surface area contributed by atoms with Crippen LogP contribution in [0.4, 0.5) is 0 Å². The predicted molar refractivity (Wildman–Crippen MR) is 124 cm³/mol. The van der Waals surface area contributed by atoms with Gasteiger partial charge in [-0.3, -0.25) is 0 Å². The van der Waals surface area contributed by atoms with Gasteiger partial charge in [-0.1, -0.05) is 52.0 Å².